The van der Waals surface area contributed by atoms with E-state index in [-0.39, 0.29) is 28.1 Å². The summed E-state index contributed by atoms with van der Waals surface area (Å²) in [7, 11) is 2.91. The number of halogens is 4. The highest BCUT2D eigenvalue weighted by molar-refractivity contribution is 9.10. The minimum absolute atomic E-state index is 0.00813. The Hall–Kier alpha value is -4.33. The topological polar surface area (TPSA) is 122 Å². The number of alkyl halides is 3. The van der Waals surface area contributed by atoms with Crippen molar-refractivity contribution in [1.82, 2.24) is 5.43 Å². The molecule has 0 bridgehead atoms. The molecule has 1 amide bonds. The maximum Gasteiger partial charge on any atom is 0.416 e. The predicted octanol–water partition coefficient (Wildman–Crippen LogP) is 6.35. The molecule has 0 aliphatic carbocycles. The number of nitro benzene ring substituents is 1. The van der Waals surface area contributed by atoms with Crippen molar-refractivity contribution >= 4 is 33.7 Å². The number of rotatable bonds is 10. The normalized spacial score (nSPS) is 11.3. The van der Waals surface area contributed by atoms with E-state index >= 15 is 0 Å². The van der Waals surface area contributed by atoms with Crippen LogP contribution in [-0.4, -0.2) is 37.9 Å². The number of nitrogens with zero attached hydrogens (tertiary/aromatic N) is 2. The molecule has 39 heavy (non-hydrogen) atoms. The average Bonchev–Trinajstić information content (AvgIpc) is 2.89. The fraction of sp³-hybridized carbons (Fsp3) is 0.200. The van der Waals surface area contributed by atoms with Gasteiger partial charge in [0.15, 0.2) is 23.0 Å². The van der Waals surface area contributed by atoms with Crippen molar-refractivity contribution < 1.29 is 41.8 Å². The van der Waals surface area contributed by atoms with Gasteiger partial charge in [-0.2, -0.15) is 18.3 Å². The molecule has 0 heterocycles. The molecule has 0 unspecified atom stereocenters. The van der Waals surface area contributed by atoms with E-state index in [0.717, 1.165) is 6.07 Å². The molecule has 206 valence electrons. The van der Waals surface area contributed by atoms with Gasteiger partial charge in [-0.05, 0) is 70.9 Å². The van der Waals surface area contributed by atoms with E-state index in [1.54, 1.807) is 13.0 Å². The fourth-order valence-corrected chi connectivity index (χ4v) is 3.81. The van der Waals surface area contributed by atoms with Crippen molar-refractivity contribution in [3.05, 3.63) is 79.8 Å². The number of hydrogen-bond acceptors (Lipinski definition) is 8. The molecule has 0 saturated carbocycles. The molecule has 3 aromatic rings. The minimum atomic E-state index is -4.77. The first-order chi connectivity index (χ1) is 18.5. The largest absolute Gasteiger partial charge is 0.493 e. The number of hydrazone groups is 1. The Kier molecular flexibility index (Phi) is 9.35. The van der Waals surface area contributed by atoms with E-state index in [1.807, 2.05) is 0 Å². The summed E-state index contributed by atoms with van der Waals surface area (Å²) in [4.78, 5) is 22.9. The summed E-state index contributed by atoms with van der Waals surface area (Å²) >= 11 is 3.29. The standard InChI is InChI=1S/C25H21BrF3N3O7/c1-4-38-22-10-14(13-30-31-24(33)15-5-7-20(36-2)21(11-15)37-3)9-17(26)23(22)39-19-8-6-16(25(27,28)29)12-18(19)32(34)35/h5-13H,4H2,1-3H3,(H,31,33)/b30-13+. The Bertz CT molecular complexity index is 1410. The molecule has 0 aromatic heterocycles. The Labute approximate surface area is 228 Å². The summed E-state index contributed by atoms with van der Waals surface area (Å²) in [5, 5.41) is 15.4. The molecule has 3 aromatic carbocycles. The Morgan fingerprint density at radius 2 is 1.74 bits per heavy atom. The van der Waals surface area contributed by atoms with Crippen LogP contribution >= 0.6 is 15.9 Å². The lowest BCUT2D eigenvalue weighted by Gasteiger charge is -2.15. The lowest BCUT2D eigenvalue weighted by molar-refractivity contribution is -0.385. The molecule has 10 nitrogen and oxygen atoms in total. The van der Waals surface area contributed by atoms with Gasteiger partial charge in [0.2, 0.25) is 5.75 Å². The number of hydrogen-bond donors (Lipinski definition) is 1. The summed E-state index contributed by atoms with van der Waals surface area (Å²) in [6.45, 7) is 1.86. The van der Waals surface area contributed by atoms with Crippen molar-refractivity contribution in [1.29, 1.82) is 0 Å². The van der Waals surface area contributed by atoms with Gasteiger partial charge >= 0.3 is 11.9 Å². The number of carbonyl (C=O) groups is 1. The summed E-state index contributed by atoms with van der Waals surface area (Å²) in [5.74, 6) is -0.0119. The molecule has 0 radical (unpaired) electrons. The zero-order valence-corrected chi connectivity index (χ0v) is 22.3. The molecular weight excluding hydrogens is 591 g/mol. The smallest absolute Gasteiger partial charge is 0.416 e. The molecule has 0 aliphatic heterocycles. The number of carbonyl (C=O) groups excluding carboxylic acids is 1. The molecule has 14 heteroatoms. The summed E-state index contributed by atoms with van der Waals surface area (Å²) in [6, 6.07) is 9.52. The van der Waals surface area contributed by atoms with Crippen LogP contribution < -0.4 is 24.4 Å². The van der Waals surface area contributed by atoms with Crippen LogP contribution in [0, 0.1) is 10.1 Å². The van der Waals surface area contributed by atoms with Crippen LogP contribution in [0.1, 0.15) is 28.4 Å². The van der Waals surface area contributed by atoms with E-state index in [1.165, 1.54) is 44.7 Å². The van der Waals surface area contributed by atoms with Gasteiger partial charge in [0.1, 0.15) is 0 Å². The predicted molar refractivity (Wildman–Crippen MR) is 138 cm³/mol. The number of nitrogens with one attached hydrogen (secondary N) is 1. The van der Waals surface area contributed by atoms with Gasteiger partial charge < -0.3 is 18.9 Å². The van der Waals surface area contributed by atoms with Crippen LogP contribution in [0.2, 0.25) is 0 Å². The van der Waals surface area contributed by atoms with Crippen LogP contribution in [0.15, 0.2) is 58.1 Å². The molecular formula is C25H21BrF3N3O7. The molecule has 1 N–H and O–H groups in total. The fourth-order valence-electron chi connectivity index (χ4n) is 3.26. The maximum atomic E-state index is 13.0. The third-order valence-corrected chi connectivity index (χ3v) is 5.64. The zero-order chi connectivity index (χ0) is 28.7. The van der Waals surface area contributed by atoms with E-state index < -0.39 is 34.0 Å². The van der Waals surface area contributed by atoms with Crippen molar-refractivity contribution in [3.63, 3.8) is 0 Å². The zero-order valence-electron chi connectivity index (χ0n) is 20.7. The number of amides is 1. The van der Waals surface area contributed by atoms with Gasteiger partial charge in [-0.3, -0.25) is 14.9 Å². The van der Waals surface area contributed by atoms with Gasteiger partial charge in [0.25, 0.3) is 5.91 Å². The maximum absolute atomic E-state index is 13.0. The monoisotopic (exact) mass is 611 g/mol. The van der Waals surface area contributed by atoms with Crippen LogP contribution in [0.25, 0.3) is 0 Å². The number of nitro groups is 1. The first-order valence-corrected chi connectivity index (χ1v) is 11.8. The Balaban J connectivity index is 1.86. The summed E-state index contributed by atoms with van der Waals surface area (Å²) in [6.07, 6.45) is -3.45. The van der Waals surface area contributed by atoms with Crippen molar-refractivity contribution in [2.75, 3.05) is 20.8 Å². The third-order valence-electron chi connectivity index (χ3n) is 5.05. The number of ether oxygens (including phenoxy) is 4. The number of benzene rings is 3. The summed E-state index contributed by atoms with van der Waals surface area (Å²) < 4.78 is 60.9. The first-order valence-electron chi connectivity index (χ1n) is 11.0. The van der Waals surface area contributed by atoms with Crippen molar-refractivity contribution in [3.8, 4) is 28.7 Å². The Morgan fingerprint density at radius 1 is 1.05 bits per heavy atom. The SMILES string of the molecule is CCOc1cc(/C=N/NC(=O)c2ccc(OC)c(OC)c2)cc(Br)c1Oc1ccc(C(F)(F)F)cc1[N+](=O)[O-]. The van der Waals surface area contributed by atoms with Crippen LogP contribution in [0.4, 0.5) is 18.9 Å². The van der Waals surface area contributed by atoms with Gasteiger partial charge in [0.05, 0.1) is 42.0 Å². The molecule has 0 saturated heterocycles. The van der Waals surface area contributed by atoms with Crippen LogP contribution in [-0.2, 0) is 6.18 Å². The minimum Gasteiger partial charge on any atom is -0.493 e. The highest BCUT2D eigenvalue weighted by atomic mass is 79.9. The quantitative estimate of drug-likeness (QED) is 0.161. The molecule has 0 aliphatic rings. The lowest BCUT2D eigenvalue weighted by atomic mass is 10.1. The molecule has 3 rings (SSSR count). The number of methoxy groups -OCH3 is 2. The van der Waals surface area contributed by atoms with Crippen LogP contribution in [0.5, 0.6) is 28.7 Å². The van der Waals surface area contributed by atoms with Crippen LogP contribution in [0.3, 0.4) is 0 Å². The van der Waals surface area contributed by atoms with E-state index in [2.05, 4.69) is 26.5 Å². The van der Waals surface area contributed by atoms with E-state index in [4.69, 9.17) is 18.9 Å². The van der Waals surface area contributed by atoms with Gasteiger partial charge in [-0.1, -0.05) is 0 Å². The highest BCUT2D eigenvalue weighted by Gasteiger charge is 2.33. The van der Waals surface area contributed by atoms with Crippen molar-refractivity contribution in [2.45, 2.75) is 13.1 Å². The Morgan fingerprint density at radius 3 is 2.36 bits per heavy atom. The van der Waals surface area contributed by atoms with E-state index in [9.17, 15) is 28.1 Å². The molecule has 0 atom stereocenters. The van der Waals surface area contributed by atoms with Gasteiger partial charge in [0, 0.05) is 11.6 Å². The van der Waals surface area contributed by atoms with Crippen molar-refractivity contribution in [2.24, 2.45) is 5.10 Å². The molecule has 0 fully saturated rings. The average molecular weight is 612 g/mol. The van der Waals surface area contributed by atoms with Gasteiger partial charge in [-0.25, -0.2) is 5.43 Å². The second-order valence-corrected chi connectivity index (χ2v) is 8.43. The molecule has 0 spiro atoms. The lowest BCUT2D eigenvalue weighted by Crippen LogP contribution is -2.17. The highest BCUT2D eigenvalue weighted by Crippen LogP contribution is 2.43. The summed E-state index contributed by atoms with van der Waals surface area (Å²) in [5.41, 5.74) is 1.02. The van der Waals surface area contributed by atoms with Gasteiger partial charge in [-0.15, -0.1) is 0 Å². The second kappa shape index (κ2) is 12.5. The van der Waals surface area contributed by atoms with E-state index in [0.29, 0.717) is 29.2 Å². The second-order valence-electron chi connectivity index (χ2n) is 7.57. The third kappa shape index (κ3) is 7.16. The first kappa shape index (κ1) is 29.2.